The maximum absolute atomic E-state index is 13.2. The zero-order chi connectivity index (χ0) is 10.7. The van der Waals surface area contributed by atoms with E-state index in [2.05, 4.69) is 0 Å². The van der Waals surface area contributed by atoms with Crippen LogP contribution < -0.4 is 11.5 Å². The SMILES string of the molecule is N#CC[C@@H](N)c1c(F)ccc(N)c1O. The number of phenolic OH excluding ortho intramolecular Hbond substituents is 1. The molecule has 0 amide bonds. The van der Waals surface area contributed by atoms with Gasteiger partial charge in [-0.15, -0.1) is 0 Å². The van der Waals surface area contributed by atoms with Crippen molar-refractivity contribution in [3.63, 3.8) is 0 Å². The van der Waals surface area contributed by atoms with Gasteiger partial charge in [-0.1, -0.05) is 0 Å². The van der Waals surface area contributed by atoms with Crippen LogP contribution in [0.5, 0.6) is 5.75 Å². The number of anilines is 1. The minimum absolute atomic E-state index is 0.0507. The normalized spacial score (nSPS) is 12.1. The fourth-order valence-corrected chi connectivity index (χ4v) is 1.15. The molecule has 0 saturated heterocycles. The zero-order valence-electron chi connectivity index (χ0n) is 7.37. The van der Waals surface area contributed by atoms with Crippen LogP contribution in [0.2, 0.25) is 0 Å². The summed E-state index contributed by atoms with van der Waals surface area (Å²) in [6.07, 6.45) is -0.0755. The molecule has 0 radical (unpaired) electrons. The van der Waals surface area contributed by atoms with E-state index in [1.165, 1.54) is 6.07 Å². The molecule has 5 heteroatoms. The molecule has 0 aliphatic carbocycles. The maximum Gasteiger partial charge on any atom is 0.146 e. The first-order valence-corrected chi connectivity index (χ1v) is 3.97. The van der Waals surface area contributed by atoms with Gasteiger partial charge >= 0.3 is 0 Å². The van der Waals surface area contributed by atoms with Gasteiger partial charge in [-0.3, -0.25) is 0 Å². The number of nitriles is 1. The highest BCUT2D eigenvalue weighted by molar-refractivity contribution is 5.57. The van der Waals surface area contributed by atoms with Crippen LogP contribution >= 0.6 is 0 Å². The third kappa shape index (κ3) is 1.75. The molecule has 0 spiro atoms. The van der Waals surface area contributed by atoms with Crippen LogP contribution in [-0.4, -0.2) is 5.11 Å². The van der Waals surface area contributed by atoms with Gasteiger partial charge in [0.2, 0.25) is 0 Å². The smallest absolute Gasteiger partial charge is 0.146 e. The average Bonchev–Trinajstić information content (AvgIpc) is 2.13. The number of aromatic hydroxyl groups is 1. The summed E-state index contributed by atoms with van der Waals surface area (Å²) in [5.74, 6) is -1.03. The topological polar surface area (TPSA) is 96.1 Å². The quantitative estimate of drug-likeness (QED) is 0.485. The molecule has 0 heterocycles. The molecule has 1 atom stereocenters. The van der Waals surface area contributed by atoms with Gasteiger partial charge in [0.05, 0.1) is 18.2 Å². The average molecular weight is 195 g/mol. The second-order valence-electron chi connectivity index (χ2n) is 2.87. The summed E-state index contributed by atoms with van der Waals surface area (Å²) >= 11 is 0. The van der Waals surface area contributed by atoms with Crippen molar-refractivity contribution in [1.82, 2.24) is 0 Å². The molecule has 5 N–H and O–H groups in total. The molecule has 0 bridgehead atoms. The summed E-state index contributed by atoms with van der Waals surface area (Å²) in [4.78, 5) is 0. The lowest BCUT2D eigenvalue weighted by atomic mass is 10.0. The number of rotatable bonds is 2. The van der Waals surface area contributed by atoms with Crippen molar-refractivity contribution in [2.75, 3.05) is 5.73 Å². The molecule has 0 aromatic heterocycles. The van der Waals surface area contributed by atoms with E-state index in [-0.39, 0.29) is 23.4 Å². The lowest BCUT2D eigenvalue weighted by Crippen LogP contribution is -2.12. The van der Waals surface area contributed by atoms with Crippen LogP contribution in [0.1, 0.15) is 18.0 Å². The van der Waals surface area contributed by atoms with E-state index in [9.17, 15) is 9.50 Å². The Labute approximate surface area is 80.6 Å². The highest BCUT2D eigenvalue weighted by Crippen LogP contribution is 2.32. The summed E-state index contributed by atoms with van der Waals surface area (Å²) in [5.41, 5.74) is 10.8. The number of halogens is 1. The van der Waals surface area contributed by atoms with Crippen LogP contribution in [0.3, 0.4) is 0 Å². The van der Waals surface area contributed by atoms with Gasteiger partial charge in [0, 0.05) is 11.6 Å². The number of benzene rings is 1. The van der Waals surface area contributed by atoms with Gasteiger partial charge in [-0.05, 0) is 12.1 Å². The molecule has 0 fully saturated rings. The van der Waals surface area contributed by atoms with Crippen molar-refractivity contribution in [3.05, 3.63) is 23.5 Å². The summed E-state index contributed by atoms with van der Waals surface area (Å²) in [6, 6.07) is 3.29. The number of hydrogen-bond donors (Lipinski definition) is 3. The molecule has 0 aliphatic rings. The molecule has 1 aromatic carbocycles. The standard InChI is InChI=1S/C9H10FN3O/c10-5-1-2-7(13)9(14)8(5)6(12)3-4-11/h1-2,6,14H,3,12-13H2/t6-/m1/s1. The minimum atomic E-state index is -0.858. The summed E-state index contributed by atoms with van der Waals surface area (Å²) < 4.78 is 13.2. The Balaban J connectivity index is 3.19. The van der Waals surface area contributed by atoms with E-state index < -0.39 is 11.9 Å². The van der Waals surface area contributed by atoms with Gasteiger partial charge in [-0.2, -0.15) is 5.26 Å². The van der Waals surface area contributed by atoms with E-state index in [0.717, 1.165) is 6.07 Å². The van der Waals surface area contributed by atoms with E-state index in [1.807, 2.05) is 0 Å². The minimum Gasteiger partial charge on any atom is -0.505 e. The van der Waals surface area contributed by atoms with E-state index in [4.69, 9.17) is 16.7 Å². The third-order valence-corrected chi connectivity index (χ3v) is 1.88. The van der Waals surface area contributed by atoms with Gasteiger partial charge in [0.25, 0.3) is 0 Å². The van der Waals surface area contributed by atoms with Crippen LogP contribution in [0.4, 0.5) is 10.1 Å². The van der Waals surface area contributed by atoms with Crippen LogP contribution in [-0.2, 0) is 0 Å². The molecule has 14 heavy (non-hydrogen) atoms. The summed E-state index contributed by atoms with van der Waals surface area (Å²) in [6.45, 7) is 0. The second kappa shape index (κ2) is 3.94. The molecular formula is C9H10FN3O. The lowest BCUT2D eigenvalue weighted by Gasteiger charge is -2.12. The van der Waals surface area contributed by atoms with Gasteiger partial charge in [-0.25, -0.2) is 4.39 Å². The fourth-order valence-electron chi connectivity index (χ4n) is 1.15. The Morgan fingerprint density at radius 2 is 2.21 bits per heavy atom. The predicted molar refractivity (Wildman–Crippen MR) is 49.6 cm³/mol. The summed E-state index contributed by atoms with van der Waals surface area (Å²) in [7, 11) is 0. The van der Waals surface area contributed by atoms with Crippen molar-refractivity contribution in [2.24, 2.45) is 5.73 Å². The van der Waals surface area contributed by atoms with Crippen molar-refractivity contribution in [3.8, 4) is 11.8 Å². The first-order valence-electron chi connectivity index (χ1n) is 3.97. The first-order chi connectivity index (χ1) is 6.57. The van der Waals surface area contributed by atoms with Crippen LogP contribution in [0.15, 0.2) is 12.1 Å². The number of nitrogens with zero attached hydrogens (tertiary/aromatic N) is 1. The highest BCUT2D eigenvalue weighted by Gasteiger charge is 2.17. The molecule has 1 aromatic rings. The van der Waals surface area contributed by atoms with E-state index in [1.54, 1.807) is 6.07 Å². The second-order valence-corrected chi connectivity index (χ2v) is 2.87. The Hall–Kier alpha value is -1.80. The fraction of sp³-hybridized carbons (Fsp3) is 0.222. The highest BCUT2D eigenvalue weighted by atomic mass is 19.1. The molecule has 0 aliphatic heterocycles. The molecule has 0 unspecified atom stereocenters. The van der Waals surface area contributed by atoms with Gasteiger partial charge < -0.3 is 16.6 Å². The first kappa shape index (κ1) is 10.3. The maximum atomic E-state index is 13.2. The summed E-state index contributed by atoms with van der Waals surface area (Å²) in [5, 5.41) is 17.8. The monoisotopic (exact) mass is 195 g/mol. The predicted octanol–water partition coefficient (Wildman–Crippen LogP) is 1.03. The molecule has 74 valence electrons. The molecule has 4 nitrogen and oxygen atoms in total. The molecule has 0 saturated carbocycles. The van der Waals surface area contributed by atoms with Crippen molar-refractivity contribution < 1.29 is 9.50 Å². The number of hydrogen-bond acceptors (Lipinski definition) is 4. The van der Waals surface area contributed by atoms with Gasteiger partial charge in [0.15, 0.2) is 0 Å². The van der Waals surface area contributed by atoms with Crippen molar-refractivity contribution >= 4 is 5.69 Å². The number of nitrogens with two attached hydrogens (primary N) is 2. The van der Waals surface area contributed by atoms with Crippen LogP contribution in [0.25, 0.3) is 0 Å². The van der Waals surface area contributed by atoms with Crippen molar-refractivity contribution in [2.45, 2.75) is 12.5 Å². The van der Waals surface area contributed by atoms with Crippen molar-refractivity contribution in [1.29, 1.82) is 5.26 Å². The Bertz CT molecular complexity index is 386. The Kier molecular flexibility index (Phi) is 2.89. The lowest BCUT2D eigenvalue weighted by molar-refractivity contribution is 0.452. The zero-order valence-corrected chi connectivity index (χ0v) is 7.37. The number of phenols is 1. The van der Waals surface area contributed by atoms with Crippen LogP contribution in [0, 0.1) is 17.1 Å². The third-order valence-electron chi connectivity index (χ3n) is 1.88. The molecular weight excluding hydrogens is 185 g/mol. The number of nitrogen functional groups attached to an aromatic ring is 1. The Morgan fingerprint density at radius 1 is 1.57 bits per heavy atom. The van der Waals surface area contributed by atoms with E-state index in [0.29, 0.717) is 0 Å². The Morgan fingerprint density at radius 3 is 2.79 bits per heavy atom. The largest absolute Gasteiger partial charge is 0.505 e. The molecule has 1 rings (SSSR count). The van der Waals surface area contributed by atoms with Gasteiger partial charge in [0.1, 0.15) is 11.6 Å². The van der Waals surface area contributed by atoms with E-state index >= 15 is 0 Å².